The van der Waals surface area contributed by atoms with Crippen LogP contribution in [0.5, 0.6) is 0 Å². The van der Waals surface area contributed by atoms with E-state index in [0.717, 1.165) is 22.4 Å². The monoisotopic (exact) mass is 436 g/mol. The number of aryl methyl sites for hydroxylation is 3. The quantitative estimate of drug-likeness (QED) is 0.431. The van der Waals surface area contributed by atoms with Gasteiger partial charge in [0.05, 0.1) is 11.4 Å². The second kappa shape index (κ2) is 8.32. The van der Waals surface area contributed by atoms with Crippen molar-refractivity contribution in [3.8, 4) is 5.69 Å². The van der Waals surface area contributed by atoms with Crippen LogP contribution in [0.15, 0.2) is 43.6 Å². The molecule has 0 radical (unpaired) electrons. The third-order valence-corrected chi connectivity index (χ3v) is 5.18. The van der Waals surface area contributed by atoms with Crippen molar-refractivity contribution in [1.82, 2.24) is 18.9 Å². The molecule has 0 saturated carbocycles. The van der Waals surface area contributed by atoms with Gasteiger partial charge in [-0.3, -0.25) is 13.9 Å². The smallest absolute Gasteiger partial charge is 0.290 e. The first-order valence-electron chi connectivity index (χ1n) is 9.46. The van der Waals surface area contributed by atoms with Gasteiger partial charge in [0.25, 0.3) is 0 Å². The van der Waals surface area contributed by atoms with Crippen LogP contribution in [0.25, 0.3) is 11.5 Å². The van der Waals surface area contributed by atoms with Crippen molar-refractivity contribution in [3.63, 3.8) is 0 Å². The molecule has 0 aliphatic heterocycles. The summed E-state index contributed by atoms with van der Waals surface area (Å²) in [6.07, 6.45) is 0.190. The van der Waals surface area contributed by atoms with Gasteiger partial charge in [-0.1, -0.05) is 41.4 Å². The van der Waals surface area contributed by atoms with E-state index < -0.39 is 11.9 Å². The molecule has 160 valence electrons. The number of aromatic nitrogens is 3. The first kappa shape index (κ1) is 22.2. The SMILES string of the molecule is C=CCN(CC=C)Cc1c(C(F)(F)F)nc2n(-c3c(C)cc(C)cc3C)c(Cl)cn12. The molecule has 0 atom stereocenters. The minimum absolute atomic E-state index is 0.0280. The molecule has 8 heteroatoms. The van der Waals surface area contributed by atoms with Crippen LogP contribution in [0.4, 0.5) is 13.2 Å². The van der Waals surface area contributed by atoms with E-state index in [1.54, 1.807) is 21.6 Å². The third-order valence-electron chi connectivity index (χ3n) is 4.92. The molecule has 2 aromatic heterocycles. The minimum Gasteiger partial charge on any atom is -0.290 e. The van der Waals surface area contributed by atoms with Crippen molar-refractivity contribution >= 4 is 17.4 Å². The van der Waals surface area contributed by atoms with E-state index in [2.05, 4.69) is 18.1 Å². The molecule has 0 amide bonds. The zero-order valence-electron chi connectivity index (χ0n) is 17.2. The maximum absolute atomic E-state index is 13.9. The van der Waals surface area contributed by atoms with Crippen LogP contribution in [-0.2, 0) is 12.7 Å². The van der Waals surface area contributed by atoms with Crippen LogP contribution in [0.2, 0.25) is 5.15 Å². The van der Waals surface area contributed by atoms with E-state index in [4.69, 9.17) is 11.6 Å². The maximum Gasteiger partial charge on any atom is 0.435 e. The van der Waals surface area contributed by atoms with Gasteiger partial charge in [0.15, 0.2) is 5.69 Å². The summed E-state index contributed by atoms with van der Waals surface area (Å²) in [5.74, 6) is 0.134. The number of alkyl halides is 3. The number of halogens is 4. The molecular weight excluding hydrogens is 413 g/mol. The molecule has 0 saturated heterocycles. The van der Waals surface area contributed by atoms with Crippen LogP contribution in [0.1, 0.15) is 28.1 Å². The summed E-state index contributed by atoms with van der Waals surface area (Å²) >= 11 is 6.50. The zero-order chi connectivity index (χ0) is 22.2. The fraction of sp³-hybridized carbons (Fsp3) is 0.318. The molecule has 3 aromatic rings. The van der Waals surface area contributed by atoms with Crippen LogP contribution in [0, 0.1) is 20.8 Å². The second-order valence-corrected chi connectivity index (χ2v) is 7.77. The number of nitrogens with zero attached hydrogens (tertiary/aromatic N) is 4. The highest BCUT2D eigenvalue weighted by molar-refractivity contribution is 6.30. The molecule has 0 spiro atoms. The topological polar surface area (TPSA) is 25.5 Å². The van der Waals surface area contributed by atoms with Crippen molar-refractivity contribution in [2.24, 2.45) is 0 Å². The number of imidazole rings is 2. The third kappa shape index (κ3) is 4.04. The molecule has 30 heavy (non-hydrogen) atoms. The molecule has 0 aliphatic carbocycles. The average Bonchev–Trinajstić information content (AvgIpc) is 3.11. The van der Waals surface area contributed by atoms with Crippen LogP contribution >= 0.6 is 11.6 Å². The first-order valence-corrected chi connectivity index (χ1v) is 9.84. The number of rotatable bonds is 7. The lowest BCUT2D eigenvalue weighted by atomic mass is 10.1. The highest BCUT2D eigenvalue weighted by Gasteiger charge is 2.39. The van der Waals surface area contributed by atoms with Gasteiger partial charge >= 0.3 is 6.18 Å². The Hall–Kier alpha value is -2.51. The van der Waals surface area contributed by atoms with Gasteiger partial charge in [-0.2, -0.15) is 13.2 Å². The molecule has 0 aliphatic rings. The first-order chi connectivity index (χ1) is 14.1. The molecular formula is C22H24ClF3N4. The summed E-state index contributed by atoms with van der Waals surface area (Å²) in [7, 11) is 0. The highest BCUT2D eigenvalue weighted by atomic mass is 35.5. The van der Waals surface area contributed by atoms with E-state index in [0.29, 0.717) is 18.2 Å². The van der Waals surface area contributed by atoms with E-state index in [9.17, 15) is 13.2 Å². The summed E-state index contributed by atoms with van der Waals surface area (Å²) < 4.78 is 44.6. The molecule has 0 N–H and O–H groups in total. The van der Waals surface area contributed by atoms with Crippen LogP contribution in [-0.4, -0.2) is 31.9 Å². The highest BCUT2D eigenvalue weighted by Crippen LogP contribution is 2.36. The lowest BCUT2D eigenvalue weighted by Gasteiger charge is -2.19. The van der Waals surface area contributed by atoms with Gasteiger partial charge < -0.3 is 0 Å². The Kier molecular flexibility index (Phi) is 6.15. The van der Waals surface area contributed by atoms with E-state index >= 15 is 0 Å². The Morgan fingerprint density at radius 1 is 1.10 bits per heavy atom. The molecule has 0 fully saturated rings. The number of hydrogen-bond acceptors (Lipinski definition) is 2. The van der Waals surface area contributed by atoms with E-state index in [1.165, 1.54) is 10.6 Å². The van der Waals surface area contributed by atoms with Crippen molar-refractivity contribution < 1.29 is 13.2 Å². The number of fused-ring (bicyclic) bond motifs is 1. The Bertz CT molecular complexity index is 1070. The molecule has 3 rings (SSSR count). The Morgan fingerprint density at radius 3 is 2.17 bits per heavy atom. The summed E-state index contributed by atoms with van der Waals surface area (Å²) in [6, 6.07) is 3.94. The Morgan fingerprint density at radius 2 is 1.67 bits per heavy atom. The predicted octanol–water partition coefficient (Wildman–Crippen LogP) is 5.90. The van der Waals surface area contributed by atoms with Crippen molar-refractivity contribution in [2.75, 3.05) is 13.1 Å². The fourth-order valence-electron chi connectivity index (χ4n) is 3.90. The standard InChI is InChI=1S/C22H24ClF3N4/c1-6-8-28(9-7-2)12-17-20(22(24,25)26)27-21-29(17)13-18(23)30(21)19-15(4)10-14(3)11-16(19)5/h6-7,10-11,13H,1-2,8-9,12H2,3-5H3. The van der Waals surface area contributed by atoms with Gasteiger partial charge in [0.2, 0.25) is 5.78 Å². The molecule has 1 aromatic carbocycles. The van der Waals surface area contributed by atoms with Crippen molar-refractivity contribution in [2.45, 2.75) is 33.5 Å². The van der Waals surface area contributed by atoms with Gasteiger partial charge in [-0.05, 0) is 31.9 Å². The van der Waals surface area contributed by atoms with Crippen LogP contribution in [0.3, 0.4) is 0 Å². The Labute approximate surface area is 178 Å². The van der Waals surface area contributed by atoms with Gasteiger partial charge in [0, 0.05) is 25.8 Å². The van der Waals surface area contributed by atoms with Crippen LogP contribution < -0.4 is 0 Å². The summed E-state index contributed by atoms with van der Waals surface area (Å²) in [5.41, 5.74) is 2.74. The van der Waals surface area contributed by atoms with E-state index in [-0.39, 0.29) is 18.0 Å². The normalized spacial score (nSPS) is 12.1. The summed E-state index contributed by atoms with van der Waals surface area (Å²) in [6.45, 7) is 14.0. The maximum atomic E-state index is 13.9. The van der Waals surface area contributed by atoms with Gasteiger partial charge in [0.1, 0.15) is 5.15 Å². The number of benzene rings is 1. The largest absolute Gasteiger partial charge is 0.435 e. The fourth-order valence-corrected chi connectivity index (χ4v) is 4.15. The summed E-state index contributed by atoms with van der Waals surface area (Å²) in [4.78, 5) is 5.80. The number of hydrogen-bond donors (Lipinski definition) is 0. The predicted molar refractivity (Wildman–Crippen MR) is 114 cm³/mol. The summed E-state index contributed by atoms with van der Waals surface area (Å²) in [5, 5.41) is 0.293. The molecule has 2 heterocycles. The second-order valence-electron chi connectivity index (χ2n) is 7.38. The van der Waals surface area contributed by atoms with Crippen molar-refractivity contribution in [3.05, 3.63) is 76.9 Å². The molecule has 4 nitrogen and oxygen atoms in total. The molecule has 0 unspecified atom stereocenters. The lowest BCUT2D eigenvalue weighted by Crippen LogP contribution is -2.25. The zero-order valence-corrected chi connectivity index (χ0v) is 18.0. The van der Waals surface area contributed by atoms with Gasteiger partial charge in [-0.25, -0.2) is 4.98 Å². The van der Waals surface area contributed by atoms with Crippen molar-refractivity contribution in [1.29, 1.82) is 0 Å². The lowest BCUT2D eigenvalue weighted by molar-refractivity contribution is -0.141. The molecule has 0 bridgehead atoms. The van der Waals surface area contributed by atoms with E-state index in [1.807, 2.05) is 32.9 Å². The van der Waals surface area contributed by atoms with Gasteiger partial charge in [-0.15, -0.1) is 13.2 Å². The Balaban J connectivity index is 2.27. The minimum atomic E-state index is -4.59. The average molecular weight is 437 g/mol.